The third-order valence-corrected chi connectivity index (χ3v) is 7.25. The Labute approximate surface area is 191 Å². The summed E-state index contributed by atoms with van der Waals surface area (Å²) >= 11 is 5.54. The molecule has 164 valence electrons. The van der Waals surface area contributed by atoms with Crippen LogP contribution in [-0.4, -0.2) is 28.6 Å². The first-order valence-corrected chi connectivity index (χ1v) is 13.2. The maximum Gasteiger partial charge on any atom is 0.163 e. The fraction of sp³-hybridized carbons (Fsp3) is 0.680. The zero-order valence-electron chi connectivity index (χ0n) is 18.7. The van der Waals surface area contributed by atoms with Gasteiger partial charge in [0.15, 0.2) is 5.79 Å². The number of benzene rings is 1. The van der Waals surface area contributed by atoms with Gasteiger partial charge in [0.05, 0.1) is 6.10 Å². The molecule has 0 aromatic heterocycles. The number of aryl methyl sites for hydroxylation is 1. The van der Waals surface area contributed by atoms with Crippen molar-refractivity contribution in [3.05, 3.63) is 42.0 Å². The Hall–Kier alpha value is -0.290. The summed E-state index contributed by atoms with van der Waals surface area (Å²) < 4.78 is 12.5. The van der Waals surface area contributed by atoms with E-state index in [1.165, 1.54) is 55.4 Å². The highest BCUT2D eigenvalue weighted by molar-refractivity contribution is 9.09. The van der Waals surface area contributed by atoms with Crippen LogP contribution in [0.4, 0.5) is 0 Å². The molecule has 0 aliphatic carbocycles. The van der Waals surface area contributed by atoms with Crippen LogP contribution in [0, 0.1) is 6.92 Å². The molecule has 2 rings (SSSR count). The van der Waals surface area contributed by atoms with Crippen molar-refractivity contribution in [2.75, 3.05) is 5.33 Å². The van der Waals surface area contributed by atoms with Crippen LogP contribution in [0.3, 0.4) is 0 Å². The minimum Gasteiger partial charge on any atom is -0.344 e. The van der Waals surface area contributed by atoms with Crippen molar-refractivity contribution >= 4 is 27.7 Å². The Balaban J connectivity index is 1.92. The van der Waals surface area contributed by atoms with E-state index in [4.69, 9.17) is 9.47 Å². The molecule has 0 bridgehead atoms. The van der Waals surface area contributed by atoms with E-state index in [1.54, 1.807) is 0 Å². The van der Waals surface area contributed by atoms with Crippen molar-refractivity contribution in [2.45, 2.75) is 107 Å². The van der Waals surface area contributed by atoms with Crippen LogP contribution < -0.4 is 0 Å². The lowest BCUT2D eigenvalue weighted by atomic mass is 10.1. The SMILES string of the molecule is CCCCCCCC/C=C/CC(Sc1ccc(C)cc1)[C@H]1OC(C)(C)O[C@@H]1CBr. The summed E-state index contributed by atoms with van der Waals surface area (Å²) in [6.07, 6.45) is 15.2. The zero-order valence-corrected chi connectivity index (χ0v) is 21.1. The van der Waals surface area contributed by atoms with E-state index >= 15 is 0 Å². The second-order valence-electron chi connectivity index (χ2n) is 8.53. The van der Waals surface area contributed by atoms with E-state index in [0.717, 1.165) is 11.8 Å². The molecular formula is C25H39BrO2S. The van der Waals surface area contributed by atoms with Crippen LogP contribution in [0.2, 0.25) is 0 Å². The predicted octanol–water partition coefficient (Wildman–Crippen LogP) is 8.07. The van der Waals surface area contributed by atoms with E-state index in [9.17, 15) is 0 Å². The smallest absolute Gasteiger partial charge is 0.163 e. The Morgan fingerprint density at radius 3 is 2.41 bits per heavy atom. The topological polar surface area (TPSA) is 18.5 Å². The van der Waals surface area contributed by atoms with E-state index in [0.29, 0.717) is 5.25 Å². The van der Waals surface area contributed by atoms with Gasteiger partial charge in [0.25, 0.3) is 0 Å². The second-order valence-corrected chi connectivity index (χ2v) is 10.5. The lowest BCUT2D eigenvalue weighted by Crippen LogP contribution is -2.34. The molecule has 1 fully saturated rings. The van der Waals surface area contributed by atoms with Gasteiger partial charge in [-0.3, -0.25) is 0 Å². The number of alkyl halides is 1. The number of allylic oxidation sites excluding steroid dienone is 2. The average Bonchev–Trinajstić information content (AvgIpc) is 3.02. The molecule has 29 heavy (non-hydrogen) atoms. The van der Waals surface area contributed by atoms with Crippen molar-refractivity contribution in [2.24, 2.45) is 0 Å². The molecule has 1 saturated heterocycles. The molecule has 0 saturated carbocycles. The molecular weight excluding hydrogens is 444 g/mol. The van der Waals surface area contributed by atoms with Crippen molar-refractivity contribution in [1.29, 1.82) is 0 Å². The number of hydrogen-bond acceptors (Lipinski definition) is 3. The van der Waals surface area contributed by atoms with Gasteiger partial charge in [-0.05, 0) is 52.2 Å². The molecule has 1 aromatic rings. The maximum atomic E-state index is 6.34. The number of rotatable bonds is 13. The van der Waals surface area contributed by atoms with Gasteiger partial charge in [-0.25, -0.2) is 0 Å². The summed E-state index contributed by atoms with van der Waals surface area (Å²) in [6, 6.07) is 8.81. The molecule has 2 nitrogen and oxygen atoms in total. The highest BCUT2D eigenvalue weighted by Gasteiger charge is 2.44. The Morgan fingerprint density at radius 2 is 1.72 bits per heavy atom. The van der Waals surface area contributed by atoms with Crippen LogP contribution >= 0.6 is 27.7 Å². The quantitative estimate of drug-likeness (QED) is 0.122. The molecule has 1 unspecified atom stereocenters. The van der Waals surface area contributed by atoms with Gasteiger partial charge in [0.1, 0.15) is 6.10 Å². The van der Waals surface area contributed by atoms with Crippen LogP contribution in [-0.2, 0) is 9.47 Å². The first kappa shape index (κ1) is 25.0. The third-order valence-electron chi connectivity index (χ3n) is 5.31. The van der Waals surface area contributed by atoms with Gasteiger partial charge >= 0.3 is 0 Å². The van der Waals surface area contributed by atoms with Gasteiger partial charge in [-0.1, -0.05) is 84.8 Å². The fourth-order valence-electron chi connectivity index (χ4n) is 3.73. The van der Waals surface area contributed by atoms with Crippen molar-refractivity contribution in [1.82, 2.24) is 0 Å². The normalized spacial score (nSPS) is 22.4. The first-order valence-electron chi connectivity index (χ1n) is 11.2. The lowest BCUT2D eigenvalue weighted by molar-refractivity contribution is -0.144. The van der Waals surface area contributed by atoms with Gasteiger partial charge < -0.3 is 9.47 Å². The molecule has 1 aliphatic rings. The Bertz CT molecular complexity index is 599. The summed E-state index contributed by atoms with van der Waals surface area (Å²) in [5, 5.41) is 1.14. The summed E-state index contributed by atoms with van der Waals surface area (Å²) in [5.74, 6) is -0.516. The third kappa shape index (κ3) is 9.16. The van der Waals surface area contributed by atoms with Gasteiger partial charge in [-0.2, -0.15) is 0 Å². The van der Waals surface area contributed by atoms with Crippen LogP contribution in [0.25, 0.3) is 0 Å². The molecule has 1 heterocycles. The fourth-order valence-corrected chi connectivity index (χ4v) is 5.44. The summed E-state index contributed by atoms with van der Waals surface area (Å²) in [4.78, 5) is 1.30. The highest BCUT2D eigenvalue weighted by atomic mass is 79.9. The van der Waals surface area contributed by atoms with Crippen molar-refractivity contribution in [3.63, 3.8) is 0 Å². The van der Waals surface area contributed by atoms with Crippen molar-refractivity contribution < 1.29 is 9.47 Å². The molecule has 0 amide bonds. The molecule has 0 spiro atoms. The molecule has 3 atom stereocenters. The number of unbranched alkanes of at least 4 members (excludes halogenated alkanes) is 6. The van der Waals surface area contributed by atoms with E-state index in [1.807, 2.05) is 25.6 Å². The van der Waals surface area contributed by atoms with Crippen LogP contribution in [0.5, 0.6) is 0 Å². The first-order chi connectivity index (χ1) is 13.9. The Kier molecular flexibility index (Phi) is 11.4. The summed E-state index contributed by atoms with van der Waals surface area (Å²) in [7, 11) is 0. The molecule has 1 aromatic carbocycles. The van der Waals surface area contributed by atoms with Crippen LogP contribution in [0.1, 0.15) is 77.7 Å². The minimum atomic E-state index is -0.516. The number of ether oxygens (including phenoxy) is 2. The van der Waals surface area contributed by atoms with Crippen LogP contribution in [0.15, 0.2) is 41.3 Å². The number of thioether (sulfide) groups is 1. The highest BCUT2D eigenvalue weighted by Crippen LogP contribution is 2.39. The molecule has 1 aliphatic heterocycles. The maximum absolute atomic E-state index is 6.34. The minimum absolute atomic E-state index is 0.0781. The molecule has 0 radical (unpaired) electrons. The van der Waals surface area contributed by atoms with Crippen molar-refractivity contribution in [3.8, 4) is 0 Å². The van der Waals surface area contributed by atoms with Gasteiger partial charge in [0, 0.05) is 15.5 Å². The zero-order chi connectivity index (χ0) is 21.1. The van der Waals surface area contributed by atoms with Gasteiger partial charge in [-0.15, -0.1) is 11.8 Å². The summed E-state index contributed by atoms with van der Waals surface area (Å²) in [6.45, 7) is 8.44. The summed E-state index contributed by atoms with van der Waals surface area (Å²) in [5.41, 5.74) is 1.30. The standard InChI is InChI=1S/C25H39BrO2S/c1-5-6-7-8-9-10-11-12-13-14-23(29-21-17-15-20(2)16-18-21)24-22(19-26)27-25(3,4)28-24/h12-13,15-18,22-24H,5-11,14,19H2,1-4H3/b13-12+/t22-,23?,24+/m1/s1. The monoisotopic (exact) mass is 482 g/mol. The van der Waals surface area contributed by atoms with E-state index in [2.05, 4.69) is 66.2 Å². The lowest BCUT2D eigenvalue weighted by Gasteiger charge is -2.25. The number of halogens is 1. The molecule has 4 heteroatoms. The predicted molar refractivity (Wildman–Crippen MR) is 130 cm³/mol. The second kappa shape index (κ2) is 13.2. The average molecular weight is 484 g/mol. The number of hydrogen-bond donors (Lipinski definition) is 0. The molecule has 0 N–H and O–H groups in total. The largest absolute Gasteiger partial charge is 0.344 e. The van der Waals surface area contributed by atoms with Gasteiger partial charge in [0.2, 0.25) is 0 Å². The van der Waals surface area contributed by atoms with E-state index < -0.39 is 5.79 Å². The van der Waals surface area contributed by atoms with E-state index in [-0.39, 0.29) is 12.2 Å². The Morgan fingerprint density at radius 1 is 1.03 bits per heavy atom.